The second kappa shape index (κ2) is 5.69. The van der Waals surface area contributed by atoms with Gasteiger partial charge in [-0.15, -0.1) is 10.2 Å². The van der Waals surface area contributed by atoms with E-state index in [4.69, 9.17) is 4.42 Å². The van der Waals surface area contributed by atoms with Crippen molar-refractivity contribution in [2.45, 2.75) is 6.92 Å². The Morgan fingerprint density at radius 1 is 1.05 bits per heavy atom. The summed E-state index contributed by atoms with van der Waals surface area (Å²) in [6.07, 6.45) is 0. The minimum atomic E-state index is -0.427. The third-order valence-electron chi connectivity index (χ3n) is 3.26. The molecule has 0 aliphatic heterocycles. The first-order valence-electron chi connectivity index (χ1n) is 6.40. The number of halogens is 1. The van der Waals surface area contributed by atoms with E-state index < -0.39 is 4.92 Å². The maximum Gasteiger partial charge on any atom is 0.273 e. The summed E-state index contributed by atoms with van der Waals surface area (Å²) < 4.78 is 6.51. The number of nitro groups is 1. The van der Waals surface area contributed by atoms with Crippen molar-refractivity contribution >= 4 is 21.6 Å². The molecule has 0 N–H and O–H groups in total. The first-order chi connectivity index (χ1) is 10.6. The van der Waals surface area contributed by atoms with Crippen LogP contribution in [0.4, 0.5) is 5.69 Å². The number of hydrogen-bond donors (Lipinski definition) is 0. The van der Waals surface area contributed by atoms with Gasteiger partial charge in [-0.2, -0.15) is 0 Å². The minimum absolute atomic E-state index is 0.0261. The standard InChI is InChI=1S/C15H10BrN3O3/c1-9-10(6-4-8-13(9)19(20)21)14-17-18-15(22-14)11-5-2-3-7-12(11)16/h2-8H,1H3. The van der Waals surface area contributed by atoms with E-state index in [9.17, 15) is 10.1 Å². The van der Waals surface area contributed by atoms with Crippen LogP contribution in [0.2, 0.25) is 0 Å². The largest absolute Gasteiger partial charge is 0.416 e. The molecule has 0 unspecified atom stereocenters. The van der Waals surface area contributed by atoms with Gasteiger partial charge in [0.25, 0.3) is 5.69 Å². The molecule has 2 aromatic carbocycles. The van der Waals surface area contributed by atoms with Gasteiger partial charge in [-0.05, 0) is 41.1 Å². The van der Waals surface area contributed by atoms with Gasteiger partial charge in [0.1, 0.15) is 0 Å². The Hall–Kier alpha value is -2.54. The van der Waals surface area contributed by atoms with Crippen molar-refractivity contribution < 1.29 is 9.34 Å². The average molecular weight is 360 g/mol. The number of hydrogen-bond acceptors (Lipinski definition) is 5. The fourth-order valence-electron chi connectivity index (χ4n) is 2.13. The fourth-order valence-corrected chi connectivity index (χ4v) is 2.58. The highest BCUT2D eigenvalue weighted by molar-refractivity contribution is 9.10. The van der Waals surface area contributed by atoms with E-state index in [1.807, 2.05) is 24.3 Å². The van der Waals surface area contributed by atoms with Gasteiger partial charge >= 0.3 is 0 Å². The Morgan fingerprint density at radius 3 is 2.36 bits per heavy atom. The van der Waals surface area contributed by atoms with E-state index in [2.05, 4.69) is 26.1 Å². The van der Waals surface area contributed by atoms with Crippen LogP contribution >= 0.6 is 15.9 Å². The Morgan fingerprint density at radius 2 is 1.68 bits per heavy atom. The van der Waals surface area contributed by atoms with Crippen LogP contribution in [0, 0.1) is 17.0 Å². The van der Waals surface area contributed by atoms with Crippen LogP contribution < -0.4 is 0 Å². The first kappa shape index (κ1) is 14.4. The van der Waals surface area contributed by atoms with Crippen LogP contribution in [-0.2, 0) is 0 Å². The lowest BCUT2D eigenvalue weighted by molar-refractivity contribution is -0.385. The molecule has 0 atom stereocenters. The number of nitrogens with zero attached hydrogens (tertiary/aromatic N) is 3. The molecule has 1 aromatic heterocycles. The van der Waals surface area contributed by atoms with Gasteiger partial charge in [0.15, 0.2) is 0 Å². The normalized spacial score (nSPS) is 10.6. The van der Waals surface area contributed by atoms with Crippen molar-refractivity contribution in [2.24, 2.45) is 0 Å². The third-order valence-corrected chi connectivity index (χ3v) is 3.95. The van der Waals surface area contributed by atoms with Crippen LogP contribution in [0.3, 0.4) is 0 Å². The topological polar surface area (TPSA) is 82.1 Å². The second-order valence-electron chi connectivity index (χ2n) is 4.60. The molecule has 7 heteroatoms. The van der Waals surface area contributed by atoms with Crippen molar-refractivity contribution in [3.63, 3.8) is 0 Å². The summed E-state index contributed by atoms with van der Waals surface area (Å²) in [6.45, 7) is 1.66. The molecule has 1 heterocycles. The second-order valence-corrected chi connectivity index (χ2v) is 5.45. The molecule has 3 aromatic rings. The Bertz CT molecular complexity index is 861. The number of nitro benzene ring substituents is 1. The number of aromatic nitrogens is 2. The Balaban J connectivity index is 2.07. The Labute approximate surface area is 134 Å². The number of benzene rings is 2. The summed E-state index contributed by atoms with van der Waals surface area (Å²) in [5.74, 6) is 0.611. The molecule has 3 rings (SSSR count). The predicted molar refractivity (Wildman–Crippen MR) is 84.3 cm³/mol. The number of rotatable bonds is 3. The molecule has 0 amide bonds. The molecule has 0 fully saturated rings. The van der Waals surface area contributed by atoms with E-state index in [1.165, 1.54) is 6.07 Å². The maximum absolute atomic E-state index is 11.0. The molecule has 0 aliphatic carbocycles. The van der Waals surface area contributed by atoms with Crippen molar-refractivity contribution in [3.8, 4) is 22.9 Å². The zero-order valence-electron chi connectivity index (χ0n) is 11.5. The van der Waals surface area contributed by atoms with Gasteiger partial charge in [0.05, 0.1) is 10.5 Å². The van der Waals surface area contributed by atoms with Gasteiger partial charge < -0.3 is 4.42 Å². The zero-order valence-corrected chi connectivity index (χ0v) is 13.1. The van der Waals surface area contributed by atoms with Crippen LogP contribution in [-0.4, -0.2) is 15.1 Å². The summed E-state index contributed by atoms with van der Waals surface area (Å²) in [4.78, 5) is 10.6. The highest BCUT2D eigenvalue weighted by Crippen LogP contribution is 2.32. The molecule has 22 heavy (non-hydrogen) atoms. The van der Waals surface area contributed by atoms with Crippen LogP contribution in [0.15, 0.2) is 51.4 Å². The summed E-state index contributed by atoms with van der Waals surface area (Å²) in [5.41, 5.74) is 1.84. The molecular weight excluding hydrogens is 350 g/mol. The van der Waals surface area contributed by atoms with E-state index >= 15 is 0 Å². The highest BCUT2D eigenvalue weighted by atomic mass is 79.9. The Kier molecular flexibility index (Phi) is 3.72. The minimum Gasteiger partial charge on any atom is -0.416 e. The molecule has 0 spiro atoms. The summed E-state index contributed by atoms with van der Waals surface area (Å²) in [5, 5.41) is 19.0. The quantitative estimate of drug-likeness (QED) is 0.511. The molecule has 0 radical (unpaired) electrons. The molecule has 0 aliphatic rings. The van der Waals surface area contributed by atoms with Crippen molar-refractivity contribution in [1.82, 2.24) is 10.2 Å². The van der Waals surface area contributed by atoms with Gasteiger partial charge in [-0.25, -0.2) is 0 Å². The predicted octanol–water partition coefficient (Wildman–Crippen LogP) is 4.38. The molecule has 0 saturated carbocycles. The molecule has 0 bridgehead atoms. The fraction of sp³-hybridized carbons (Fsp3) is 0.0667. The summed E-state index contributed by atoms with van der Waals surface area (Å²) in [6, 6.07) is 12.2. The van der Waals surface area contributed by atoms with Crippen molar-refractivity contribution in [1.29, 1.82) is 0 Å². The van der Waals surface area contributed by atoms with Gasteiger partial charge in [0, 0.05) is 21.7 Å². The smallest absolute Gasteiger partial charge is 0.273 e. The van der Waals surface area contributed by atoms with E-state index in [-0.39, 0.29) is 11.6 Å². The first-order valence-corrected chi connectivity index (χ1v) is 7.20. The lowest BCUT2D eigenvalue weighted by Gasteiger charge is -2.01. The molecule has 6 nitrogen and oxygen atoms in total. The van der Waals surface area contributed by atoms with Gasteiger partial charge in [-0.3, -0.25) is 10.1 Å². The molecular formula is C15H10BrN3O3. The summed E-state index contributed by atoms with van der Waals surface area (Å²) in [7, 11) is 0. The van der Waals surface area contributed by atoms with Crippen LogP contribution in [0.5, 0.6) is 0 Å². The van der Waals surface area contributed by atoms with Gasteiger partial charge in [0.2, 0.25) is 11.8 Å². The average Bonchev–Trinajstić information content (AvgIpc) is 2.97. The molecule has 0 saturated heterocycles. The molecule has 110 valence electrons. The third kappa shape index (κ3) is 2.50. The SMILES string of the molecule is Cc1c(-c2nnc(-c3ccccc3Br)o2)cccc1[N+](=O)[O-]. The van der Waals surface area contributed by atoms with Crippen molar-refractivity contribution in [3.05, 3.63) is 62.6 Å². The lowest BCUT2D eigenvalue weighted by Crippen LogP contribution is -1.93. The lowest BCUT2D eigenvalue weighted by atomic mass is 10.1. The van der Waals surface area contributed by atoms with Crippen molar-refractivity contribution in [2.75, 3.05) is 0 Å². The van der Waals surface area contributed by atoms with Crippen LogP contribution in [0.1, 0.15) is 5.56 Å². The van der Waals surface area contributed by atoms with Gasteiger partial charge in [-0.1, -0.05) is 18.2 Å². The van der Waals surface area contributed by atoms with E-state index in [0.717, 1.165) is 10.0 Å². The zero-order chi connectivity index (χ0) is 15.7. The van der Waals surface area contributed by atoms with E-state index in [1.54, 1.807) is 19.1 Å². The monoisotopic (exact) mass is 359 g/mol. The maximum atomic E-state index is 11.0. The highest BCUT2D eigenvalue weighted by Gasteiger charge is 2.19. The van der Waals surface area contributed by atoms with Crippen LogP contribution in [0.25, 0.3) is 22.9 Å². The summed E-state index contributed by atoms with van der Waals surface area (Å²) >= 11 is 3.43. The van der Waals surface area contributed by atoms with E-state index in [0.29, 0.717) is 17.0 Å².